The van der Waals surface area contributed by atoms with Gasteiger partial charge in [-0.1, -0.05) is 369 Å². The van der Waals surface area contributed by atoms with Crippen LogP contribution in [0.2, 0.25) is 0 Å². The van der Waals surface area contributed by atoms with Gasteiger partial charge in [0.05, 0.1) is 26.4 Å². The topological polar surface area (TPSA) is 237 Å². The number of rotatable bonds is 79. The number of aliphatic hydroxyl groups is 1. The third-order valence-electron chi connectivity index (χ3n) is 18.5. The number of aliphatic hydroxyl groups excluding tert-OH is 1. The van der Waals surface area contributed by atoms with Crippen molar-refractivity contribution < 1.29 is 80.2 Å². The van der Waals surface area contributed by atoms with Crippen molar-refractivity contribution in [2.75, 3.05) is 39.6 Å². The van der Waals surface area contributed by atoms with Gasteiger partial charge in [0.25, 0.3) is 0 Å². The van der Waals surface area contributed by atoms with E-state index in [0.717, 1.165) is 96.3 Å². The molecule has 0 aromatic carbocycles. The summed E-state index contributed by atoms with van der Waals surface area (Å²) in [6.07, 6.45) is 62.6. The highest BCUT2D eigenvalue weighted by atomic mass is 31.2. The number of phosphoric acid groups is 2. The molecule has 0 fully saturated rings. The molecule has 0 aromatic rings. The van der Waals surface area contributed by atoms with Crippen molar-refractivity contribution >= 4 is 39.5 Å². The molecule has 0 aromatic heterocycles. The minimum absolute atomic E-state index is 0.107. The number of unbranched alkanes of at least 4 members (excludes halogenated alkanes) is 51. The Bertz CT molecular complexity index is 1870. The summed E-state index contributed by atoms with van der Waals surface area (Å²) >= 11 is 0. The second-order valence-electron chi connectivity index (χ2n) is 28.9. The number of ether oxygens (including phenoxy) is 4. The highest BCUT2D eigenvalue weighted by molar-refractivity contribution is 7.47. The summed E-state index contributed by atoms with van der Waals surface area (Å²) in [5, 5.41) is 10.6. The molecule has 3 N–H and O–H groups in total. The van der Waals surface area contributed by atoms with E-state index in [1.165, 1.54) is 238 Å². The van der Waals surface area contributed by atoms with Gasteiger partial charge >= 0.3 is 39.5 Å². The molecular weight excluding hydrogens is 1280 g/mol. The van der Waals surface area contributed by atoms with Crippen LogP contribution in [0, 0.1) is 5.92 Å². The van der Waals surface area contributed by atoms with E-state index in [1.54, 1.807) is 0 Å². The predicted octanol–water partition coefficient (Wildman–Crippen LogP) is 23.6. The first-order chi connectivity index (χ1) is 47.5. The summed E-state index contributed by atoms with van der Waals surface area (Å²) in [5.74, 6) is -1.43. The maximum absolute atomic E-state index is 13.1. The monoisotopic (exact) mass is 1440 g/mol. The van der Waals surface area contributed by atoms with E-state index in [9.17, 15) is 43.2 Å². The predicted molar refractivity (Wildman–Crippen MR) is 400 cm³/mol. The smallest absolute Gasteiger partial charge is 0.462 e. The molecule has 2 unspecified atom stereocenters. The summed E-state index contributed by atoms with van der Waals surface area (Å²) in [5.41, 5.74) is 0. The van der Waals surface area contributed by atoms with E-state index in [-0.39, 0.29) is 25.7 Å². The van der Waals surface area contributed by atoms with Crippen LogP contribution >= 0.6 is 15.6 Å². The lowest BCUT2D eigenvalue weighted by atomic mass is 10.0. The fraction of sp³-hybridized carbons (Fsp3) is 0.949. The van der Waals surface area contributed by atoms with Gasteiger partial charge in [0, 0.05) is 25.7 Å². The average molecular weight is 1440 g/mol. The van der Waals surface area contributed by atoms with Crippen LogP contribution in [0.5, 0.6) is 0 Å². The normalized spacial score (nSPS) is 13.9. The lowest BCUT2D eigenvalue weighted by molar-refractivity contribution is -0.161. The van der Waals surface area contributed by atoms with Crippen LogP contribution in [-0.2, 0) is 65.4 Å². The van der Waals surface area contributed by atoms with E-state index in [0.29, 0.717) is 31.6 Å². The summed E-state index contributed by atoms with van der Waals surface area (Å²) in [4.78, 5) is 72.9. The van der Waals surface area contributed by atoms with Crippen molar-refractivity contribution in [3.63, 3.8) is 0 Å². The molecule has 0 aliphatic heterocycles. The van der Waals surface area contributed by atoms with E-state index < -0.39 is 97.5 Å². The van der Waals surface area contributed by atoms with Gasteiger partial charge in [-0.15, -0.1) is 0 Å². The molecule has 0 saturated heterocycles. The Morgan fingerprint density at radius 1 is 0.276 bits per heavy atom. The van der Waals surface area contributed by atoms with Gasteiger partial charge in [0.2, 0.25) is 0 Å². The summed E-state index contributed by atoms with van der Waals surface area (Å²) in [6, 6.07) is 0. The van der Waals surface area contributed by atoms with E-state index in [4.69, 9.17) is 37.0 Å². The van der Waals surface area contributed by atoms with Crippen LogP contribution in [-0.4, -0.2) is 96.7 Å². The van der Waals surface area contributed by atoms with E-state index in [1.807, 2.05) is 0 Å². The molecule has 0 aliphatic carbocycles. The van der Waals surface area contributed by atoms with Gasteiger partial charge in [0.1, 0.15) is 19.3 Å². The van der Waals surface area contributed by atoms with Crippen molar-refractivity contribution in [2.24, 2.45) is 5.92 Å². The summed E-state index contributed by atoms with van der Waals surface area (Å²) in [7, 11) is -9.91. The van der Waals surface area contributed by atoms with E-state index >= 15 is 0 Å². The molecule has 98 heavy (non-hydrogen) atoms. The Hall–Kier alpha value is -1.94. The van der Waals surface area contributed by atoms with Crippen LogP contribution in [0.1, 0.15) is 420 Å². The van der Waals surface area contributed by atoms with Crippen molar-refractivity contribution in [2.45, 2.75) is 438 Å². The van der Waals surface area contributed by atoms with Gasteiger partial charge in [-0.2, -0.15) is 0 Å². The second-order valence-corrected chi connectivity index (χ2v) is 31.8. The van der Waals surface area contributed by atoms with Crippen molar-refractivity contribution in [1.82, 2.24) is 0 Å². The Labute approximate surface area is 600 Å². The Balaban J connectivity index is 5.20. The standard InChI is InChI=1S/C79H154O17P2/c1-6-9-12-15-18-21-24-27-29-30-31-32-33-34-36-39-42-45-48-55-60-65-78(83)95-74(68-89-76(81)62-57-52-46-43-40-38-35-28-25-22-19-16-13-10-7-2)70-93-97(85,86)91-66-73(80)67-92-98(87,88)94-71-75(69-90-77(82)63-58-53-50-49-51-56-61-72(4)5)96-79(84)64-59-54-47-44-41-37-26-23-20-17-14-11-8-3/h72-75,80H,6-71H2,1-5H3,(H,85,86)(H,87,88)/t73-,74-,75-/m1/s1. The number of carbonyl (C=O) groups excluding carboxylic acids is 4. The zero-order valence-electron chi connectivity index (χ0n) is 63.9. The summed E-state index contributed by atoms with van der Waals surface area (Å²) < 4.78 is 68.6. The molecule has 582 valence electrons. The highest BCUT2D eigenvalue weighted by Gasteiger charge is 2.30. The molecule has 0 spiro atoms. The number of esters is 4. The van der Waals surface area contributed by atoms with Crippen LogP contribution in [0.15, 0.2) is 0 Å². The molecule has 0 heterocycles. The zero-order valence-corrected chi connectivity index (χ0v) is 65.7. The number of hydrogen-bond acceptors (Lipinski definition) is 15. The molecule has 0 bridgehead atoms. The first-order valence-corrected chi connectivity index (χ1v) is 44.1. The Morgan fingerprint density at radius 2 is 0.469 bits per heavy atom. The average Bonchev–Trinajstić information content (AvgIpc) is 1.07. The van der Waals surface area contributed by atoms with Crippen molar-refractivity contribution in [1.29, 1.82) is 0 Å². The molecule has 0 saturated carbocycles. The molecule has 0 amide bonds. The molecule has 5 atom stereocenters. The SMILES string of the molecule is CCCCCCCCCCCCCCCCCCCCCCCC(=O)O[C@H](COC(=O)CCCCCCCCCCCCCCCCC)COP(=O)(O)OC[C@@H](O)COP(=O)(O)OC[C@@H](COC(=O)CCCCCCCCC(C)C)OC(=O)CCCCCCCCCCCCCCC. The molecule has 17 nitrogen and oxygen atoms in total. The lowest BCUT2D eigenvalue weighted by Crippen LogP contribution is -2.30. The quantitative estimate of drug-likeness (QED) is 0.0222. The van der Waals surface area contributed by atoms with Gasteiger partial charge in [-0.25, -0.2) is 9.13 Å². The molecular formula is C79H154O17P2. The van der Waals surface area contributed by atoms with Crippen molar-refractivity contribution in [3.05, 3.63) is 0 Å². The number of phosphoric ester groups is 2. The largest absolute Gasteiger partial charge is 0.472 e. The minimum atomic E-state index is -4.96. The Morgan fingerprint density at radius 3 is 0.694 bits per heavy atom. The molecule has 0 radical (unpaired) electrons. The first-order valence-electron chi connectivity index (χ1n) is 41.1. The second kappa shape index (κ2) is 72.0. The first kappa shape index (κ1) is 96.1. The fourth-order valence-corrected chi connectivity index (χ4v) is 13.8. The highest BCUT2D eigenvalue weighted by Crippen LogP contribution is 2.45. The maximum Gasteiger partial charge on any atom is 0.472 e. The summed E-state index contributed by atoms with van der Waals surface area (Å²) in [6.45, 7) is 7.23. The third kappa shape index (κ3) is 72.4. The third-order valence-corrected chi connectivity index (χ3v) is 20.4. The number of hydrogen-bond donors (Lipinski definition) is 3. The van der Waals surface area contributed by atoms with Crippen LogP contribution in [0.25, 0.3) is 0 Å². The fourth-order valence-electron chi connectivity index (χ4n) is 12.2. The molecule has 0 rings (SSSR count). The van der Waals surface area contributed by atoms with E-state index in [2.05, 4.69) is 34.6 Å². The van der Waals surface area contributed by atoms with Gasteiger partial charge in [-0.05, 0) is 31.6 Å². The Kier molecular flexibility index (Phi) is 70.6. The van der Waals surface area contributed by atoms with Crippen LogP contribution in [0.4, 0.5) is 0 Å². The van der Waals surface area contributed by atoms with Crippen molar-refractivity contribution in [3.8, 4) is 0 Å². The van der Waals surface area contributed by atoms with Gasteiger partial charge in [0.15, 0.2) is 12.2 Å². The number of carbonyl (C=O) groups is 4. The van der Waals surface area contributed by atoms with Gasteiger partial charge in [-0.3, -0.25) is 37.3 Å². The van der Waals surface area contributed by atoms with Crippen LogP contribution < -0.4 is 0 Å². The minimum Gasteiger partial charge on any atom is -0.462 e. The molecule has 0 aliphatic rings. The maximum atomic E-state index is 13.1. The van der Waals surface area contributed by atoms with Gasteiger partial charge < -0.3 is 33.8 Å². The molecule has 19 heteroatoms. The lowest BCUT2D eigenvalue weighted by Gasteiger charge is -2.21. The van der Waals surface area contributed by atoms with Crippen LogP contribution in [0.3, 0.4) is 0 Å². The zero-order chi connectivity index (χ0) is 71.9.